The molecule has 0 saturated heterocycles. The van der Waals surface area contributed by atoms with E-state index in [1.54, 1.807) is 11.8 Å². The van der Waals surface area contributed by atoms with Gasteiger partial charge in [-0.3, -0.25) is 0 Å². The van der Waals surface area contributed by atoms with Crippen molar-refractivity contribution in [2.24, 2.45) is 5.73 Å². The van der Waals surface area contributed by atoms with Crippen LogP contribution in [0.4, 0.5) is 0 Å². The Morgan fingerprint density at radius 3 is 2.93 bits per heavy atom. The second-order valence-electron chi connectivity index (χ2n) is 4.08. The highest BCUT2D eigenvalue weighted by Crippen LogP contribution is 2.43. The summed E-state index contributed by atoms with van der Waals surface area (Å²) in [6.07, 6.45) is 3.51. The van der Waals surface area contributed by atoms with Gasteiger partial charge in [-0.25, -0.2) is 0 Å². The van der Waals surface area contributed by atoms with Crippen molar-refractivity contribution in [3.05, 3.63) is 23.8 Å². The van der Waals surface area contributed by atoms with Crippen LogP contribution in [0.15, 0.2) is 23.1 Å². The summed E-state index contributed by atoms with van der Waals surface area (Å²) in [6, 6.07) is 6.37. The number of fused-ring (bicyclic) bond motifs is 1. The quantitative estimate of drug-likeness (QED) is 0.768. The van der Waals surface area contributed by atoms with E-state index in [0.717, 1.165) is 24.5 Å². The van der Waals surface area contributed by atoms with Crippen LogP contribution in [0.2, 0.25) is 0 Å². The summed E-state index contributed by atoms with van der Waals surface area (Å²) >= 11 is 1.75. The van der Waals surface area contributed by atoms with Gasteiger partial charge in [-0.05, 0) is 37.0 Å². The van der Waals surface area contributed by atoms with E-state index in [0.29, 0.717) is 0 Å². The van der Waals surface area contributed by atoms with Crippen molar-refractivity contribution in [1.82, 2.24) is 0 Å². The van der Waals surface area contributed by atoms with E-state index in [4.69, 9.17) is 10.5 Å². The fraction of sp³-hybridized carbons (Fsp3) is 0.455. The fourth-order valence-electron chi connectivity index (χ4n) is 2.05. The molecule has 14 heavy (non-hydrogen) atoms. The molecule has 1 aromatic carbocycles. The third kappa shape index (κ3) is 1.16. The van der Waals surface area contributed by atoms with Gasteiger partial charge >= 0.3 is 0 Å². The molecule has 0 amide bonds. The summed E-state index contributed by atoms with van der Waals surface area (Å²) in [5, 5.41) is 0. The van der Waals surface area contributed by atoms with Gasteiger partial charge in [0.1, 0.15) is 11.7 Å². The molecule has 1 heterocycles. The molecule has 0 bridgehead atoms. The minimum atomic E-state index is -0.0435. The number of benzene rings is 1. The first-order valence-electron chi connectivity index (χ1n) is 4.97. The lowest BCUT2D eigenvalue weighted by Crippen LogP contribution is -2.43. The molecule has 1 fully saturated rings. The number of hydrogen-bond acceptors (Lipinski definition) is 3. The maximum Gasteiger partial charge on any atom is 0.138 e. The topological polar surface area (TPSA) is 35.2 Å². The third-order valence-corrected chi connectivity index (χ3v) is 4.06. The van der Waals surface area contributed by atoms with Crippen LogP contribution < -0.4 is 10.5 Å². The molecule has 2 aliphatic rings. The standard InChI is InChI=1S/C11H13NOS/c12-11(4-1-5-11)8-2-3-9-10(6-8)14-7-13-9/h2-3,6H,1,4-5,7,12H2. The highest BCUT2D eigenvalue weighted by Gasteiger charge is 2.35. The van der Waals surface area contributed by atoms with Gasteiger partial charge in [0.2, 0.25) is 0 Å². The van der Waals surface area contributed by atoms with Crippen LogP contribution in [0.5, 0.6) is 5.75 Å². The Morgan fingerprint density at radius 1 is 1.36 bits per heavy atom. The summed E-state index contributed by atoms with van der Waals surface area (Å²) in [4.78, 5) is 1.25. The number of rotatable bonds is 1. The van der Waals surface area contributed by atoms with Gasteiger partial charge in [-0.2, -0.15) is 0 Å². The van der Waals surface area contributed by atoms with Gasteiger partial charge in [0.25, 0.3) is 0 Å². The molecule has 0 radical (unpaired) electrons. The minimum absolute atomic E-state index is 0.0435. The van der Waals surface area contributed by atoms with Crippen LogP contribution in [-0.4, -0.2) is 5.94 Å². The van der Waals surface area contributed by atoms with E-state index >= 15 is 0 Å². The first-order chi connectivity index (χ1) is 6.78. The van der Waals surface area contributed by atoms with Crippen molar-refractivity contribution in [2.45, 2.75) is 29.7 Å². The average Bonchev–Trinajstić information content (AvgIpc) is 2.60. The lowest BCUT2D eigenvalue weighted by Gasteiger charge is -2.38. The molecule has 0 aromatic heterocycles. The maximum atomic E-state index is 6.27. The van der Waals surface area contributed by atoms with Gasteiger partial charge in [-0.1, -0.05) is 17.8 Å². The highest BCUT2D eigenvalue weighted by molar-refractivity contribution is 7.99. The Kier molecular flexibility index (Phi) is 1.79. The number of hydrogen-bond donors (Lipinski definition) is 1. The van der Waals surface area contributed by atoms with Gasteiger partial charge in [-0.15, -0.1) is 0 Å². The smallest absolute Gasteiger partial charge is 0.138 e. The SMILES string of the molecule is NC1(c2ccc3c(c2)SCO3)CCC1. The Balaban J connectivity index is 2.00. The van der Waals surface area contributed by atoms with Crippen LogP contribution >= 0.6 is 11.8 Å². The molecule has 1 aliphatic heterocycles. The van der Waals surface area contributed by atoms with E-state index < -0.39 is 0 Å². The first kappa shape index (κ1) is 8.62. The van der Waals surface area contributed by atoms with Crippen molar-refractivity contribution in [2.75, 3.05) is 5.94 Å². The summed E-state index contributed by atoms with van der Waals surface area (Å²) in [6.45, 7) is 0. The maximum absolute atomic E-state index is 6.27. The van der Waals surface area contributed by atoms with Gasteiger partial charge in [0.15, 0.2) is 0 Å². The molecule has 0 atom stereocenters. The molecule has 74 valence electrons. The molecular formula is C11H13NOS. The summed E-state index contributed by atoms with van der Waals surface area (Å²) in [7, 11) is 0. The molecule has 2 nitrogen and oxygen atoms in total. The van der Waals surface area contributed by atoms with Crippen molar-refractivity contribution in [1.29, 1.82) is 0 Å². The molecule has 1 aliphatic carbocycles. The average molecular weight is 207 g/mol. The highest BCUT2D eigenvalue weighted by atomic mass is 32.2. The molecule has 1 saturated carbocycles. The second kappa shape index (κ2) is 2.91. The van der Waals surface area contributed by atoms with Crippen LogP contribution in [0, 0.1) is 0 Å². The van der Waals surface area contributed by atoms with Gasteiger partial charge < -0.3 is 10.5 Å². The zero-order valence-electron chi connectivity index (χ0n) is 7.95. The molecule has 2 N–H and O–H groups in total. The summed E-state index contributed by atoms with van der Waals surface area (Å²) in [5.74, 6) is 1.76. The number of thioether (sulfide) groups is 1. The lowest BCUT2D eigenvalue weighted by molar-refractivity contribution is 0.253. The van der Waals surface area contributed by atoms with E-state index in [1.165, 1.54) is 16.9 Å². The Morgan fingerprint density at radius 2 is 2.21 bits per heavy atom. The minimum Gasteiger partial charge on any atom is -0.481 e. The fourth-order valence-corrected chi connectivity index (χ4v) is 2.84. The van der Waals surface area contributed by atoms with Crippen LogP contribution in [-0.2, 0) is 5.54 Å². The zero-order valence-corrected chi connectivity index (χ0v) is 8.77. The van der Waals surface area contributed by atoms with Crippen molar-refractivity contribution in [3.8, 4) is 5.75 Å². The van der Waals surface area contributed by atoms with Crippen LogP contribution in [0.1, 0.15) is 24.8 Å². The number of ether oxygens (including phenoxy) is 1. The zero-order chi connectivity index (χ0) is 9.60. The Bertz CT molecular complexity index is 374. The van der Waals surface area contributed by atoms with E-state index in [1.807, 2.05) is 0 Å². The predicted octanol–water partition coefficient (Wildman–Crippen LogP) is 2.47. The predicted molar refractivity (Wildman–Crippen MR) is 57.5 cm³/mol. The molecule has 3 heteroatoms. The monoisotopic (exact) mass is 207 g/mol. The van der Waals surface area contributed by atoms with Crippen LogP contribution in [0.25, 0.3) is 0 Å². The molecule has 1 aromatic rings. The molecule has 0 unspecified atom stereocenters. The van der Waals surface area contributed by atoms with Crippen molar-refractivity contribution in [3.63, 3.8) is 0 Å². The second-order valence-corrected chi connectivity index (χ2v) is 5.04. The van der Waals surface area contributed by atoms with Gasteiger partial charge in [0.05, 0.1) is 4.90 Å². The van der Waals surface area contributed by atoms with E-state index in [2.05, 4.69) is 18.2 Å². The molecule has 3 rings (SSSR count). The van der Waals surface area contributed by atoms with E-state index in [9.17, 15) is 0 Å². The Labute approximate surface area is 87.8 Å². The van der Waals surface area contributed by atoms with Gasteiger partial charge in [0, 0.05) is 5.54 Å². The summed E-state index contributed by atoms with van der Waals surface area (Å²) in [5.41, 5.74) is 7.50. The normalized spacial score (nSPS) is 22.4. The third-order valence-electron chi connectivity index (χ3n) is 3.19. The Hall–Kier alpha value is -0.670. The van der Waals surface area contributed by atoms with Crippen molar-refractivity contribution >= 4 is 11.8 Å². The lowest BCUT2D eigenvalue weighted by atomic mass is 9.73. The number of nitrogens with two attached hydrogens (primary N) is 1. The largest absolute Gasteiger partial charge is 0.481 e. The van der Waals surface area contributed by atoms with Crippen molar-refractivity contribution < 1.29 is 4.74 Å². The van der Waals surface area contributed by atoms with E-state index in [-0.39, 0.29) is 5.54 Å². The first-order valence-corrected chi connectivity index (χ1v) is 5.96. The van der Waals surface area contributed by atoms with Crippen LogP contribution in [0.3, 0.4) is 0 Å². The summed E-state index contributed by atoms with van der Waals surface area (Å²) < 4.78 is 5.44. The molecular weight excluding hydrogens is 194 g/mol. The molecule has 0 spiro atoms.